The highest BCUT2D eigenvalue weighted by Gasteiger charge is 2.20. The SMILES string of the molecule is CCN(CC)CCOc1ccnc(CNC2CC2)c1. The normalized spacial score (nSPS) is 14.9. The smallest absolute Gasteiger partial charge is 0.122 e. The maximum atomic E-state index is 5.79. The van der Waals surface area contributed by atoms with Gasteiger partial charge in [-0.1, -0.05) is 13.8 Å². The lowest BCUT2D eigenvalue weighted by Crippen LogP contribution is -2.27. The Kier molecular flexibility index (Phi) is 5.61. The minimum atomic E-state index is 0.717. The third-order valence-corrected chi connectivity index (χ3v) is 3.51. The topological polar surface area (TPSA) is 37.4 Å². The van der Waals surface area contributed by atoms with E-state index in [1.54, 1.807) is 0 Å². The molecule has 0 radical (unpaired) electrons. The van der Waals surface area contributed by atoms with Gasteiger partial charge in [0.15, 0.2) is 0 Å². The van der Waals surface area contributed by atoms with Crippen LogP contribution in [0.1, 0.15) is 32.4 Å². The van der Waals surface area contributed by atoms with E-state index in [0.29, 0.717) is 6.04 Å². The van der Waals surface area contributed by atoms with Crippen molar-refractivity contribution in [3.05, 3.63) is 24.0 Å². The van der Waals surface area contributed by atoms with Crippen LogP contribution >= 0.6 is 0 Å². The largest absolute Gasteiger partial charge is 0.492 e. The lowest BCUT2D eigenvalue weighted by molar-refractivity contribution is 0.222. The molecule has 1 aliphatic rings. The van der Waals surface area contributed by atoms with Crippen LogP contribution in [-0.2, 0) is 6.54 Å². The van der Waals surface area contributed by atoms with Crippen molar-refractivity contribution in [1.82, 2.24) is 15.2 Å². The molecule has 0 saturated heterocycles. The van der Waals surface area contributed by atoms with Gasteiger partial charge in [-0.25, -0.2) is 0 Å². The number of rotatable bonds is 9. The fourth-order valence-electron chi connectivity index (χ4n) is 2.01. The number of ether oxygens (including phenoxy) is 1. The number of hydrogen-bond donors (Lipinski definition) is 1. The first-order chi connectivity index (χ1) is 9.31. The average molecular weight is 263 g/mol. The number of nitrogens with one attached hydrogen (secondary N) is 1. The van der Waals surface area contributed by atoms with Crippen molar-refractivity contribution in [2.45, 2.75) is 39.3 Å². The molecule has 1 fully saturated rings. The number of aromatic nitrogens is 1. The number of nitrogens with zero attached hydrogens (tertiary/aromatic N) is 2. The Morgan fingerprint density at radius 1 is 1.37 bits per heavy atom. The van der Waals surface area contributed by atoms with Crippen LogP contribution in [0.3, 0.4) is 0 Å². The molecule has 0 spiro atoms. The predicted molar refractivity (Wildman–Crippen MR) is 77.4 cm³/mol. The molecule has 1 heterocycles. The third kappa shape index (κ3) is 5.17. The first-order valence-electron chi connectivity index (χ1n) is 7.35. The van der Waals surface area contributed by atoms with Gasteiger partial charge in [0.1, 0.15) is 12.4 Å². The quantitative estimate of drug-likeness (QED) is 0.740. The number of hydrogen-bond acceptors (Lipinski definition) is 4. The van der Waals surface area contributed by atoms with Crippen molar-refractivity contribution >= 4 is 0 Å². The van der Waals surface area contributed by atoms with Crippen molar-refractivity contribution in [2.24, 2.45) is 0 Å². The van der Waals surface area contributed by atoms with Gasteiger partial charge >= 0.3 is 0 Å². The van der Waals surface area contributed by atoms with E-state index < -0.39 is 0 Å². The summed E-state index contributed by atoms with van der Waals surface area (Å²) in [6, 6.07) is 4.69. The molecular weight excluding hydrogens is 238 g/mol. The Morgan fingerprint density at radius 2 is 2.16 bits per heavy atom. The standard InChI is InChI=1S/C15H25N3O/c1-3-18(4-2)9-10-19-15-7-8-16-14(11-15)12-17-13-5-6-13/h7-8,11,13,17H,3-6,9-10,12H2,1-2H3. The minimum Gasteiger partial charge on any atom is -0.492 e. The Morgan fingerprint density at radius 3 is 2.84 bits per heavy atom. The molecule has 19 heavy (non-hydrogen) atoms. The van der Waals surface area contributed by atoms with E-state index in [4.69, 9.17) is 4.74 Å². The van der Waals surface area contributed by atoms with E-state index in [1.165, 1.54) is 12.8 Å². The first kappa shape index (κ1) is 14.3. The van der Waals surface area contributed by atoms with E-state index >= 15 is 0 Å². The van der Waals surface area contributed by atoms with Gasteiger partial charge in [-0.15, -0.1) is 0 Å². The monoisotopic (exact) mass is 263 g/mol. The van der Waals surface area contributed by atoms with Gasteiger partial charge in [0.25, 0.3) is 0 Å². The summed E-state index contributed by atoms with van der Waals surface area (Å²) in [5, 5.41) is 3.47. The van der Waals surface area contributed by atoms with E-state index in [9.17, 15) is 0 Å². The van der Waals surface area contributed by atoms with Crippen LogP contribution < -0.4 is 10.1 Å². The predicted octanol–water partition coefficient (Wildman–Crippen LogP) is 2.05. The van der Waals surface area contributed by atoms with Crippen molar-refractivity contribution in [3.63, 3.8) is 0 Å². The van der Waals surface area contributed by atoms with Gasteiger partial charge in [-0.2, -0.15) is 0 Å². The molecule has 0 amide bonds. The van der Waals surface area contributed by atoms with Crippen LogP contribution in [0, 0.1) is 0 Å². The second kappa shape index (κ2) is 7.46. The number of pyridine rings is 1. The number of likely N-dealkylation sites (N-methyl/N-ethyl adjacent to an activating group) is 1. The highest BCUT2D eigenvalue weighted by Crippen LogP contribution is 2.19. The van der Waals surface area contributed by atoms with Crippen LogP contribution in [0.2, 0.25) is 0 Å². The van der Waals surface area contributed by atoms with Crippen LogP contribution in [-0.4, -0.2) is 42.2 Å². The minimum absolute atomic E-state index is 0.717. The second-order valence-electron chi connectivity index (χ2n) is 5.01. The molecule has 1 aliphatic carbocycles. The Hall–Kier alpha value is -1.13. The van der Waals surface area contributed by atoms with Gasteiger partial charge in [-0.3, -0.25) is 4.98 Å². The molecule has 4 nitrogen and oxygen atoms in total. The highest BCUT2D eigenvalue weighted by atomic mass is 16.5. The third-order valence-electron chi connectivity index (χ3n) is 3.51. The van der Waals surface area contributed by atoms with Crippen molar-refractivity contribution in [2.75, 3.05) is 26.2 Å². The summed E-state index contributed by atoms with van der Waals surface area (Å²) in [7, 11) is 0. The Balaban J connectivity index is 1.74. The Bertz CT molecular complexity index is 375. The molecule has 0 unspecified atom stereocenters. The summed E-state index contributed by atoms with van der Waals surface area (Å²) >= 11 is 0. The summed E-state index contributed by atoms with van der Waals surface area (Å²) in [5.74, 6) is 0.926. The Labute approximate surface area is 116 Å². The molecule has 4 heteroatoms. The average Bonchev–Trinajstić information content (AvgIpc) is 3.26. The summed E-state index contributed by atoms with van der Waals surface area (Å²) in [4.78, 5) is 6.72. The van der Waals surface area contributed by atoms with Gasteiger partial charge < -0.3 is 15.0 Å². The summed E-state index contributed by atoms with van der Waals surface area (Å²) in [6.07, 6.45) is 4.44. The molecule has 0 aliphatic heterocycles. The van der Waals surface area contributed by atoms with Gasteiger partial charge in [0.2, 0.25) is 0 Å². The van der Waals surface area contributed by atoms with E-state index in [0.717, 1.165) is 44.2 Å². The van der Waals surface area contributed by atoms with Crippen molar-refractivity contribution in [1.29, 1.82) is 0 Å². The van der Waals surface area contributed by atoms with E-state index in [-0.39, 0.29) is 0 Å². The van der Waals surface area contributed by atoms with E-state index in [1.807, 2.05) is 18.3 Å². The van der Waals surface area contributed by atoms with Crippen LogP contribution in [0.4, 0.5) is 0 Å². The molecule has 0 aromatic carbocycles. The van der Waals surface area contributed by atoms with Gasteiger partial charge in [-0.05, 0) is 32.0 Å². The fourth-order valence-corrected chi connectivity index (χ4v) is 2.01. The zero-order chi connectivity index (χ0) is 13.5. The molecule has 1 saturated carbocycles. The summed E-state index contributed by atoms with van der Waals surface area (Å²) < 4.78 is 5.79. The second-order valence-corrected chi connectivity index (χ2v) is 5.01. The highest BCUT2D eigenvalue weighted by molar-refractivity contribution is 5.22. The zero-order valence-electron chi connectivity index (χ0n) is 12.1. The van der Waals surface area contributed by atoms with Crippen molar-refractivity contribution < 1.29 is 4.74 Å². The van der Waals surface area contributed by atoms with Crippen molar-refractivity contribution in [3.8, 4) is 5.75 Å². The molecule has 2 rings (SSSR count). The molecule has 1 aromatic rings. The molecule has 1 aromatic heterocycles. The lowest BCUT2D eigenvalue weighted by Gasteiger charge is -2.18. The molecule has 1 N–H and O–H groups in total. The van der Waals surface area contributed by atoms with E-state index in [2.05, 4.69) is 29.0 Å². The summed E-state index contributed by atoms with van der Waals surface area (Å²) in [6.45, 7) is 9.07. The molecular formula is C15H25N3O. The fraction of sp³-hybridized carbons (Fsp3) is 0.667. The van der Waals surface area contributed by atoms with Crippen LogP contribution in [0.15, 0.2) is 18.3 Å². The first-order valence-corrected chi connectivity index (χ1v) is 7.35. The molecule has 0 atom stereocenters. The molecule has 0 bridgehead atoms. The lowest BCUT2D eigenvalue weighted by atomic mass is 10.3. The summed E-state index contributed by atoms with van der Waals surface area (Å²) in [5.41, 5.74) is 1.06. The van der Waals surface area contributed by atoms with Gasteiger partial charge in [0.05, 0.1) is 5.69 Å². The zero-order valence-corrected chi connectivity index (χ0v) is 12.1. The van der Waals surface area contributed by atoms with Crippen LogP contribution in [0.5, 0.6) is 5.75 Å². The maximum Gasteiger partial charge on any atom is 0.122 e. The van der Waals surface area contributed by atoms with Crippen LogP contribution in [0.25, 0.3) is 0 Å². The maximum absolute atomic E-state index is 5.79. The molecule has 106 valence electrons. The van der Waals surface area contributed by atoms with Gasteiger partial charge in [0, 0.05) is 31.4 Å².